The van der Waals surface area contributed by atoms with Crippen LogP contribution in [0.25, 0.3) is 11.4 Å². The summed E-state index contributed by atoms with van der Waals surface area (Å²) in [6.45, 7) is 7.12. The number of ether oxygens (including phenoxy) is 1. The third kappa shape index (κ3) is 5.83. The smallest absolute Gasteiger partial charge is 0.251 e. The first-order valence-electron chi connectivity index (χ1n) is 10.7. The minimum Gasteiger partial charge on any atom is -0.489 e. The standard InChI is InChI=1S/C26H26N4O3/c1-26(2,3)21-8-10-22(11-9-21)32-17-18-4-6-20(7-5-18)25(31)28-16-23-29-24(30-33-23)19-12-14-27-15-13-19/h4-15H,16-17H2,1-3H3,(H,28,31). The van der Waals surface area contributed by atoms with Gasteiger partial charge in [0.1, 0.15) is 12.4 Å². The van der Waals surface area contributed by atoms with Crippen molar-refractivity contribution in [3.8, 4) is 17.1 Å². The second kappa shape index (κ2) is 9.65. The van der Waals surface area contributed by atoms with E-state index in [9.17, 15) is 4.79 Å². The lowest BCUT2D eigenvalue weighted by Gasteiger charge is -2.19. The number of carbonyl (C=O) groups is 1. The number of benzene rings is 2. The van der Waals surface area contributed by atoms with Crippen LogP contribution in [0, 0.1) is 0 Å². The lowest BCUT2D eigenvalue weighted by atomic mass is 9.87. The molecular formula is C26H26N4O3. The molecule has 0 unspecified atom stereocenters. The lowest BCUT2D eigenvalue weighted by molar-refractivity contribution is 0.0946. The summed E-state index contributed by atoms with van der Waals surface area (Å²) < 4.78 is 11.1. The van der Waals surface area contributed by atoms with Crippen molar-refractivity contribution in [2.45, 2.75) is 39.3 Å². The lowest BCUT2D eigenvalue weighted by Crippen LogP contribution is -2.22. The highest BCUT2D eigenvalue weighted by atomic mass is 16.5. The molecule has 0 spiro atoms. The van der Waals surface area contributed by atoms with Crippen molar-refractivity contribution in [2.75, 3.05) is 0 Å². The Hall–Kier alpha value is -4.00. The maximum absolute atomic E-state index is 12.5. The molecule has 0 fully saturated rings. The molecule has 2 aromatic carbocycles. The third-order valence-corrected chi connectivity index (χ3v) is 5.15. The minimum absolute atomic E-state index is 0.111. The van der Waals surface area contributed by atoms with Gasteiger partial charge in [0, 0.05) is 23.5 Å². The molecule has 0 saturated carbocycles. The second-order valence-corrected chi connectivity index (χ2v) is 8.69. The van der Waals surface area contributed by atoms with Crippen LogP contribution in [0.5, 0.6) is 5.75 Å². The summed E-state index contributed by atoms with van der Waals surface area (Å²) in [6, 6.07) is 19.0. The molecule has 0 saturated heterocycles. The van der Waals surface area contributed by atoms with Gasteiger partial charge in [0.25, 0.3) is 5.91 Å². The van der Waals surface area contributed by atoms with Crippen molar-refractivity contribution in [3.63, 3.8) is 0 Å². The molecule has 0 radical (unpaired) electrons. The molecule has 1 N–H and O–H groups in total. The molecule has 4 rings (SSSR count). The van der Waals surface area contributed by atoms with Gasteiger partial charge in [-0.15, -0.1) is 0 Å². The first kappa shape index (κ1) is 22.2. The molecule has 7 heteroatoms. The number of rotatable bonds is 7. The van der Waals surface area contributed by atoms with Gasteiger partial charge in [0.15, 0.2) is 0 Å². The number of carbonyl (C=O) groups excluding carboxylic acids is 1. The molecule has 2 aromatic heterocycles. The van der Waals surface area contributed by atoms with Crippen LogP contribution >= 0.6 is 0 Å². The van der Waals surface area contributed by atoms with Crippen molar-refractivity contribution in [1.82, 2.24) is 20.4 Å². The summed E-state index contributed by atoms with van der Waals surface area (Å²) in [5, 5.41) is 6.73. The Morgan fingerprint density at radius 2 is 1.67 bits per heavy atom. The zero-order valence-electron chi connectivity index (χ0n) is 18.9. The minimum atomic E-state index is -0.219. The third-order valence-electron chi connectivity index (χ3n) is 5.15. The number of hydrogen-bond donors (Lipinski definition) is 1. The number of aromatic nitrogens is 3. The normalized spacial score (nSPS) is 11.2. The van der Waals surface area contributed by atoms with Crippen molar-refractivity contribution >= 4 is 5.91 Å². The van der Waals surface area contributed by atoms with Gasteiger partial charge in [0.05, 0.1) is 6.54 Å². The maximum Gasteiger partial charge on any atom is 0.251 e. The van der Waals surface area contributed by atoms with E-state index in [0.29, 0.717) is 23.9 Å². The average Bonchev–Trinajstić information content (AvgIpc) is 3.31. The predicted octanol–water partition coefficient (Wildman–Crippen LogP) is 4.94. The van der Waals surface area contributed by atoms with Crippen molar-refractivity contribution in [2.24, 2.45) is 0 Å². The molecule has 7 nitrogen and oxygen atoms in total. The number of nitrogens with zero attached hydrogens (tertiary/aromatic N) is 3. The van der Waals surface area contributed by atoms with Gasteiger partial charge in [-0.1, -0.05) is 50.2 Å². The van der Waals surface area contributed by atoms with Gasteiger partial charge < -0.3 is 14.6 Å². The largest absolute Gasteiger partial charge is 0.489 e. The van der Waals surface area contributed by atoms with Gasteiger partial charge in [-0.05, 0) is 52.9 Å². The summed E-state index contributed by atoms with van der Waals surface area (Å²) in [5.41, 5.74) is 3.70. The van der Waals surface area contributed by atoms with Crippen LogP contribution in [0.2, 0.25) is 0 Å². The highest BCUT2D eigenvalue weighted by Crippen LogP contribution is 2.24. The average molecular weight is 443 g/mol. The molecule has 4 aromatic rings. The van der Waals surface area contributed by atoms with E-state index < -0.39 is 0 Å². The van der Waals surface area contributed by atoms with Crippen LogP contribution in [0.1, 0.15) is 48.1 Å². The summed E-state index contributed by atoms with van der Waals surface area (Å²) >= 11 is 0. The van der Waals surface area contributed by atoms with Gasteiger partial charge in [-0.25, -0.2) is 0 Å². The van der Waals surface area contributed by atoms with E-state index in [1.807, 2.05) is 24.3 Å². The van der Waals surface area contributed by atoms with Crippen LogP contribution in [0.15, 0.2) is 77.6 Å². The number of pyridine rings is 1. The predicted molar refractivity (Wildman–Crippen MR) is 125 cm³/mol. The Labute approximate surface area is 192 Å². The fourth-order valence-electron chi connectivity index (χ4n) is 3.17. The number of amides is 1. The van der Waals surface area contributed by atoms with E-state index >= 15 is 0 Å². The zero-order valence-corrected chi connectivity index (χ0v) is 18.9. The van der Waals surface area contributed by atoms with Crippen molar-refractivity contribution < 1.29 is 14.1 Å². The SMILES string of the molecule is CC(C)(C)c1ccc(OCc2ccc(C(=O)NCc3nc(-c4ccncc4)no3)cc2)cc1. The summed E-state index contributed by atoms with van der Waals surface area (Å²) in [6.07, 6.45) is 3.31. The molecule has 0 bridgehead atoms. The summed E-state index contributed by atoms with van der Waals surface area (Å²) in [7, 11) is 0. The van der Waals surface area contributed by atoms with E-state index in [1.165, 1.54) is 5.56 Å². The van der Waals surface area contributed by atoms with Gasteiger partial charge in [-0.2, -0.15) is 4.98 Å². The first-order chi connectivity index (χ1) is 15.9. The monoisotopic (exact) mass is 442 g/mol. The van der Waals surface area contributed by atoms with Crippen molar-refractivity contribution in [3.05, 3.63) is 95.6 Å². The number of nitrogens with one attached hydrogen (secondary N) is 1. The zero-order chi connectivity index (χ0) is 23.3. The van der Waals surface area contributed by atoms with E-state index in [2.05, 4.69) is 53.3 Å². The second-order valence-electron chi connectivity index (χ2n) is 8.69. The van der Waals surface area contributed by atoms with Crippen LogP contribution in [0.4, 0.5) is 0 Å². The van der Waals surface area contributed by atoms with Crippen molar-refractivity contribution in [1.29, 1.82) is 0 Å². The van der Waals surface area contributed by atoms with Crippen LogP contribution in [-0.2, 0) is 18.6 Å². The molecule has 168 valence electrons. The molecular weight excluding hydrogens is 416 g/mol. The first-order valence-corrected chi connectivity index (χ1v) is 10.7. The Kier molecular flexibility index (Phi) is 6.49. The Morgan fingerprint density at radius 1 is 0.970 bits per heavy atom. The Balaban J connectivity index is 1.28. The summed E-state index contributed by atoms with van der Waals surface area (Å²) in [5.74, 6) is 1.39. The number of hydrogen-bond acceptors (Lipinski definition) is 6. The molecule has 0 aliphatic carbocycles. The quantitative estimate of drug-likeness (QED) is 0.436. The maximum atomic E-state index is 12.5. The highest BCUT2D eigenvalue weighted by molar-refractivity contribution is 5.94. The van der Waals surface area contributed by atoms with Gasteiger partial charge in [-0.3, -0.25) is 9.78 Å². The fraction of sp³-hybridized carbons (Fsp3) is 0.231. The molecule has 0 atom stereocenters. The van der Waals surface area contributed by atoms with Gasteiger partial charge in [0.2, 0.25) is 11.7 Å². The van der Waals surface area contributed by atoms with E-state index in [-0.39, 0.29) is 17.9 Å². The molecule has 1 amide bonds. The van der Waals surface area contributed by atoms with E-state index in [1.54, 1.807) is 36.7 Å². The van der Waals surface area contributed by atoms with E-state index in [4.69, 9.17) is 9.26 Å². The summed E-state index contributed by atoms with van der Waals surface area (Å²) in [4.78, 5) is 20.7. The Bertz CT molecular complexity index is 1200. The highest BCUT2D eigenvalue weighted by Gasteiger charge is 2.13. The van der Waals surface area contributed by atoms with Gasteiger partial charge >= 0.3 is 0 Å². The fourth-order valence-corrected chi connectivity index (χ4v) is 3.17. The van der Waals surface area contributed by atoms with E-state index in [0.717, 1.165) is 16.9 Å². The molecule has 0 aliphatic heterocycles. The molecule has 2 heterocycles. The van der Waals surface area contributed by atoms with Crippen LogP contribution in [0.3, 0.4) is 0 Å². The molecule has 33 heavy (non-hydrogen) atoms. The van der Waals surface area contributed by atoms with Crippen LogP contribution in [-0.4, -0.2) is 21.0 Å². The topological polar surface area (TPSA) is 90.1 Å². The molecule has 0 aliphatic rings. The van der Waals surface area contributed by atoms with Crippen LogP contribution < -0.4 is 10.1 Å². The Morgan fingerprint density at radius 3 is 2.33 bits per heavy atom.